The van der Waals surface area contributed by atoms with Gasteiger partial charge in [-0.15, -0.1) is 23.2 Å². The molecule has 0 aromatic rings. The first kappa shape index (κ1) is 16.5. The van der Waals surface area contributed by atoms with Crippen LogP contribution in [-0.4, -0.2) is 31.7 Å². The van der Waals surface area contributed by atoms with Gasteiger partial charge >= 0.3 is 0 Å². The molecule has 0 N–H and O–H groups in total. The van der Waals surface area contributed by atoms with Gasteiger partial charge in [-0.05, 0) is 24.2 Å². The van der Waals surface area contributed by atoms with Gasteiger partial charge in [-0.3, -0.25) is 0 Å². The molecular weight excluding hydrogens is 267 g/mol. The van der Waals surface area contributed by atoms with Crippen LogP contribution in [0.3, 0.4) is 0 Å². The third-order valence-electron chi connectivity index (χ3n) is 3.33. The van der Waals surface area contributed by atoms with E-state index in [9.17, 15) is 8.42 Å². The number of hydrogen-bond donors (Lipinski definition) is 0. The Kier molecular flexibility index (Phi) is 7.31. The van der Waals surface area contributed by atoms with Crippen LogP contribution in [0.2, 0.25) is 0 Å². The fourth-order valence-electron chi connectivity index (χ4n) is 1.56. The third kappa shape index (κ3) is 4.80. The molecule has 0 atom stereocenters. The maximum atomic E-state index is 11.4. The first-order valence-electron chi connectivity index (χ1n) is 5.66. The van der Waals surface area contributed by atoms with Gasteiger partial charge in [-0.2, -0.15) is 0 Å². The van der Waals surface area contributed by atoms with Crippen LogP contribution in [0.1, 0.15) is 33.6 Å². The number of rotatable bonds is 8. The van der Waals surface area contributed by atoms with Gasteiger partial charge in [0.1, 0.15) is 9.84 Å². The highest BCUT2D eigenvalue weighted by molar-refractivity contribution is 7.91. The van der Waals surface area contributed by atoms with Crippen LogP contribution in [0.5, 0.6) is 0 Å². The van der Waals surface area contributed by atoms with Gasteiger partial charge in [-0.25, -0.2) is 8.42 Å². The summed E-state index contributed by atoms with van der Waals surface area (Å²) in [4.78, 5) is 0. The minimum Gasteiger partial charge on any atom is -0.229 e. The lowest BCUT2D eigenvalue weighted by Gasteiger charge is -2.33. The molecule has 0 rings (SSSR count). The van der Waals surface area contributed by atoms with Crippen molar-refractivity contribution >= 4 is 33.0 Å². The highest BCUT2D eigenvalue weighted by atomic mass is 35.5. The summed E-state index contributed by atoms with van der Waals surface area (Å²) in [6, 6.07) is 0. The molecule has 0 spiro atoms. The second-order valence-corrected chi connectivity index (χ2v) is 7.63. The molecule has 0 bridgehead atoms. The summed E-state index contributed by atoms with van der Waals surface area (Å²) in [6.45, 7) is 5.84. The molecule has 0 aliphatic heterocycles. The van der Waals surface area contributed by atoms with Gasteiger partial charge < -0.3 is 0 Å². The summed E-state index contributed by atoms with van der Waals surface area (Å²) in [5.74, 6) is 1.79. The standard InChI is InChI=1S/C11H22Cl2O2S/c1-4-16(14,15)7-5-6-11(8-12,9-13)10(2)3/h10H,4-9H2,1-3H3. The van der Waals surface area contributed by atoms with Crippen LogP contribution in [-0.2, 0) is 9.84 Å². The number of hydrogen-bond acceptors (Lipinski definition) is 2. The summed E-state index contributed by atoms with van der Waals surface area (Å²) >= 11 is 11.9. The molecule has 0 aromatic carbocycles. The van der Waals surface area contributed by atoms with Gasteiger partial charge in [0.05, 0.1) is 5.75 Å². The lowest BCUT2D eigenvalue weighted by molar-refractivity contribution is 0.237. The molecule has 0 heterocycles. The smallest absolute Gasteiger partial charge is 0.150 e. The van der Waals surface area contributed by atoms with Crippen LogP contribution in [0.4, 0.5) is 0 Å². The van der Waals surface area contributed by atoms with E-state index in [-0.39, 0.29) is 16.9 Å². The predicted octanol–water partition coefficient (Wildman–Crippen LogP) is 3.32. The topological polar surface area (TPSA) is 34.1 Å². The zero-order chi connectivity index (χ0) is 12.8. The molecule has 0 saturated carbocycles. The van der Waals surface area contributed by atoms with E-state index in [4.69, 9.17) is 23.2 Å². The van der Waals surface area contributed by atoms with Gasteiger partial charge in [0, 0.05) is 17.5 Å². The second kappa shape index (κ2) is 7.07. The number of alkyl halides is 2. The Morgan fingerprint density at radius 3 is 2.00 bits per heavy atom. The molecule has 0 aliphatic carbocycles. The number of halogens is 2. The maximum Gasteiger partial charge on any atom is 0.150 e. The lowest BCUT2D eigenvalue weighted by atomic mass is 9.77. The number of sulfone groups is 1. The summed E-state index contributed by atoms with van der Waals surface area (Å²) < 4.78 is 22.7. The van der Waals surface area contributed by atoms with Crippen molar-refractivity contribution in [3.05, 3.63) is 0 Å². The molecule has 0 unspecified atom stereocenters. The van der Waals surface area contributed by atoms with Crippen LogP contribution in [0, 0.1) is 11.3 Å². The molecule has 0 fully saturated rings. The van der Waals surface area contributed by atoms with Crippen LogP contribution >= 0.6 is 23.2 Å². The van der Waals surface area contributed by atoms with E-state index in [1.807, 2.05) is 0 Å². The molecule has 16 heavy (non-hydrogen) atoms. The molecule has 0 radical (unpaired) electrons. The molecule has 98 valence electrons. The fourth-order valence-corrected chi connectivity index (χ4v) is 3.60. The predicted molar refractivity (Wildman–Crippen MR) is 72.3 cm³/mol. The third-order valence-corrected chi connectivity index (χ3v) is 6.18. The van der Waals surface area contributed by atoms with Crippen molar-refractivity contribution < 1.29 is 8.42 Å². The van der Waals surface area contributed by atoms with E-state index >= 15 is 0 Å². The zero-order valence-corrected chi connectivity index (χ0v) is 12.6. The molecule has 2 nitrogen and oxygen atoms in total. The average molecular weight is 289 g/mol. The van der Waals surface area contributed by atoms with Gasteiger partial charge in [-0.1, -0.05) is 20.8 Å². The summed E-state index contributed by atoms with van der Waals surface area (Å²) in [5, 5.41) is 0. The normalized spacial score (nSPS) is 13.4. The van der Waals surface area contributed by atoms with E-state index in [1.54, 1.807) is 6.92 Å². The average Bonchev–Trinajstić information content (AvgIpc) is 2.24. The molecule has 0 aromatic heterocycles. The summed E-state index contributed by atoms with van der Waals surface area (Å²) in [6.07, 6.45) is 1.42. The quantitative estimate of drug-likeness (QED) is 0.642. The Labute approximate surface area is 110 Å². The Hall–Kier alpha value is 0.530. The molecule has 0 saturated heterocycles. The fraction of sp³-hybridized carbons (Fsp3) is 1.00. The van der Waals surface area contributed by atoms with E-state index in [0.717, 1.165) is 6.42 Å². The highest BCUT2D eigenvalue weighted by Gasteiger charge is 2.31. The first-order valence-corrected chi connectivity index (χ1v) is 8.55. The van der Waals surface area contributed by atoms with Crippen molar-refractivity contribution in [2.45, 2.75) is 33.6 Å². The van der Waals surface area contributed by atoms with Crippen molar-refractivity contribution in [1.29, 1.82) is 0 Å². The SMILES string of the molecule is CCS(=O)(=O)CCCC(CCl)(CCl)C(C)C. The van der Waals surface area contributed by atoms with Crippen LogP contribution in [0.15, 0.2) is 0 Å². The lowest BCUT2D eigenvalue weighted by Crippen LogP contribution is -2.32. The first-order chi connectivity index (χ1) is 7.33. The highest BCUT2D eigenvalue weighted by Crippen LogP contribution is 2.35. The van der Waals surface area contributed by atoms with Crippen molar-refractivity contribution in [1.82, 2.24) is 0 Å². The second-order valence-electron chi connectivity index (χ2n) is 4.62. The van der Waals surface area contributed by atoms with E-state index in [0.29, 0.717) is 24.1 Å². The van der Waals surface area contributed by atoms with Crippen molar-refractivity contribution in [3.8, 4) is 0 Å². The van der Waals surface area contributed by atoms with Crippen molar-refractivity contribution in [2.24, 2.45) is 11.3 Å². The molecule has 0 amide bonds. The van der Waals surface area contributed by atoms with Crippen molar-refractivity contribution in [2.75, 3.05) is 23.3 Å². The van der Waals surface area contributed by atoms with E-state index < -0.39 is 9.84 Å². The minimum absolute atomic E-state index is 0.133. The largest absolute Gasteiger partial charge is 0.229 e. The molecular formula is C11H22Cl2O2S. The molecule has 5 heteroatoms. The zero-order valence-electron chi connectivity index (χ0n) is 10.3. The van der Waals surface area contributed by atoms with Crippen molar-refractivity contribution in [3.63, 3.8) is 0 Å². The Morgan fingerprint density at radius 2 is 1.69 bits per heavy atom. The van der Waals surface area contributed by atoms with E-state index in [2.05, 4.69) is 13.8 Å². The van der Waals surface area contributed by atoms with E-state index in [1.165, 1.54) is 0 Å². The van der Waals surface area contributed by atoms with Crippen LogP contribution in [0.25, 0.3) is 0 Å². The summed E-state index contributed by atoms with van der Waals surface area (Å²) in [7, 11) is -2.87. The van der Waals surface area contributed by atoms with Gasteiger partial charge in [0.15, 0.2) is 0 Å². The maximum absolute atomic E-state index is 11.4. The monoisotopic (exact) mass is 288 g/mol. The minimum atomic E-state index is -2.87. The summed E-state index contributed by atoms with van der Waals surface area (Å²) in [5.41, 5.74) is -0.133. The Balaban J connectivity index is 4.35. The van der Waals surface area contributed by atoms with Gasteiger partial charge in [0.2, 0.25) is 0 Å². The van der Waals surface area contributed by atoms with Crippen LogP contribution < -0.4 is 0 Å². The van der Waals surface area contributed by atoms with Gasteiger partial charge in [0.25, 0.3) is 0 Å². The Morgan fingerprint density at radius 1 is 1.19 bits per heavy atom. The Bertz CT molecular complexity index is 282. The molecule has 0 aliphatic rings.